The van der Waals surface area contributed by atoms with Gasteiger partial charge >= 0.3 is 0 Å². The van der Waals surface area contributed by atoms with E-state index in [1.165, 1.54) is 5.56 Å². The zero-order valence-electron chi connectivity index (χ0n) is 9.34. The SMILES string of the molecule is Cc1ccc(-c2nc(=S)c(Br)c(C)[nH]2)cc1Br. The van der Waals surface area contributed by atoms with E-state index in [1.54, 1.807) is 0 Å². The third kappa shape index (κ3) is 2.67. The topological polar surface area (TPSA) is 28.7 Å². The van der Waals surface area contributed by atoms with Gasteiger partial charge in [0.1, 0.15) is 10.5 Å². The second-order valence-corrected chi connectivity index (χ2v) is 5.83. The maximum atomic E-state index is 5.20. The second-order valence-electron chi connectivity index (χ2n) is 3.79. The van der Waals surface area contributed by atoms with Gasteiger partial charge in [-0.1, -0.05) is 40.3 Å². The fourth-order valence-corrected chi connectivity index (χ4v) is 2.26. The average molecular weight is 374 g/mol. The number of benzene rings is 1. The van der Waals surface area contributed by atoms with Crippen LogP contribution in [-0.2, 0) is 0 Å². The van der Waals surface area contributed by atoms with Crippen molar-refractivity contribution >= 4 is 44.1 Å². The molecule has 0 unspecified atom stereocenters. The molecule has 1 aromatic heterocycles. The van der Waals surface area contributed by atoms with Crippen LogP contribution in [0.3, 0.4) is 0 Å². The molecule has 1 aromatic carbocycles. The van der Waals surface area contributed by atoms with Gasteiger partial charge < -0.3 is 4.98 Å². The van der Waals surface area contributed by atoms with Crippen molar-refractivity contribution in [3.05, 3.63) is 43.0 Å². The molecule has 5 heteroatoms. The third-order valence-corrected chi connectivity index (χ3v) is 4.86. The van der Waals surface area contributed by atoms with Crippen LogP contribution in [0.4, 0.5) is 0 Å². The Bertz CT molecular complexity index is 635. The maximum Gasteiger partial charge on any atom is 0.144 e. The van der Waals surface area contributed by atoms with Crippen LogP contribution in [0, 0.1) is 18.5 Å². The number of nitrogens with zero attached hydrogens (tertiary/aromatic N) is 1. The molecule has 88 valence electrons. The summed E-state index contributed by atoms with van der Waals surface area (Å²) in [6, 6.07) is 6.12. The van der Waals surface area contributed by atoms with E-state index in [4.69, 9.17) is 12.2 Å². The van der Waals surface area contributed by atoms with Gasteiger partial charge in [-0.3, -0.25) is 0 Å². The molecule has 17 heavy (non-hydrogen) atoms. The molecule has 2 aromatic rings. The van der Waals surface area contributed by atoms with Gasteiger partial charge in [-0.15, -0.1) is 0 Å². The average Bonchev–Trinajstić information content (AvgIpc) is 2.29. The number of hydrogen-bond acceptors (Lipinski definition) is 2. The monoisotopic (exact) mass is 372 g/mol. The summed E-state index contributed by atoms with van der Waals surface area (Å²) >= 11 is 12.1. The van der Waals surface area contributed by atoms with Crippen LogP contribution in [0.1, 0.15) is 11.3 Å². The van der Waals surface area contributed by atoms with E-state index in [9.17, 15) is 0 Å². The molecule has 0 aliphatic rings. The van der Waals surface area contributed by atoms with Crippen molar-refractivity contribution in [1.29, 1.82) is 0 Å². The lowest BCUT2D eigenvalue weighted by molar-refractivity contribution is 1.08. The lowest BCUT2D eigenvalue weighted by atomic mass is 10.1. The van der Waals surface area contributed by atoms with Gasteiger partial charge in [-0.2, -0.15) is 0 Å². The van der Waals surface area contributed by atoms with Gasteiger partial charge in [-0.05, 0) is 41.4 Å². The van der Waals surface area contributed by atoms with E-state index in [2.05, 4.69) is 54.8 Å². The molecule has 2 rings (SSSR count). The molecule has 0 bridgehead atoms. The van der Waals surface area contributed by atoms with Crippen molar-refractivity contribution in [3.63, 3.8) is 0 Å². The van der Waals surface area contributed by atoms with Crippen molar-refractivity contribution < 1.29 is 0 Å². The first-order valence-electron chi connectivity index (χ1n) is 5.02. The number of halogens is 2. The van der Waals surface area contributed by atoms with Crippen molar-refractivity contribution in [3.8, 4) is 11.4 Å². The quantitative estimate of drug-likeness (QED) is 0.716. The highest BCUT2D eigenvalue weighted by Crippen LogP contribution is 2.25. The van der Waals surface area contributed by atoms with E-state index >= 15 is 0 Å². The van der Waals surface area contributed by atoms with Crippen LogP contribution >= 0.6 is 44.1 Å². The molecule has 0 aliphatic carbocycles. The van der Waals surface area contributed by atoms with Crippen molar-refractivity contribution in [2.75, 3.05) is 0 Å². The molecule has 0 saturated heterocycles. The van der Waals surface area contributed by atoms with Crippen LogP contribution in [0.15, 0.2) is 27.1 Å². The number of hydrogen-bond donors (Lipinski definition) is 1. The Morgan fingerprint density at radius 3 is 2.53 bits per heavy atom. The number of rotatable bonds is 1. The van der Waals surface area contributed by atoms with Gasteiger partial charge in [-0.25, -0.2) is 4.98 Å². The van der Waals surface area contributed by atoms with Crippen molar-refractivity contribution in [2.24, 2.45) is 0 Å². The highest BCUT2D eigenvalue weighted by Gasteiger charge is 2.06. The van der Waals surface area contributed by atoms with Crippen LogP contribution in [0.5, 0.6) is 0 Å². The molecule has 0 saturated carbocycles. The minimum absolute atomic E-state index is 0.577. The number of nitrogens with one attached hydrogen (secondary N) is 1. The van der Waals surface area contributed by atoms with Crippen LogP contribution in [0.25, 0.3) is 11.4 Å². The normalized spacial score (nSPS) is 10.6. The summed E-state index contributed by atoms with van der Waals surface area (Å²) in [4.78, 5) is 7.60. The van der Waals surface area contributed by atoms with E-state index in [0.717, 1.165) is 26.0 Å². The number of aromatic nitrogens is 2. The molecule has 0 atom stereocenters. The Hall–Kier alpha value is -0.520. The zero-order valence-corrected chi connectivity index (χ0v) is 13.3. The van der Waals surface area contributed by atoms with Crippen LogP contribution < -0.4 is 0 Å². The van der Waals surface area contributed by atoms with Gasteiger partial charge in [0.15, 0.2) is 0 Å². The standard InChI is InChI=1S/C12H10Br2N2S/c1-6-3-4-8(5-9(6)13)11-15-7(2)10(14)12(17)16-11/h3-5H,1-2H3,(H,15,16,17). The van der Waals surface area contributed by atoms with Crippen molar-refractivity contribution in [2.45, 2.75) is 13.8 Å². The lowest BCUT2D eigenvalue weighted by Crippen LogP contribution is -1.94. The van der Waals surface area contributed by atoms with Gasteiger partial charge in [0, 0.05) is 15.7 Å². The molecular weight excluding hydrogens is 364 g/mol. The van der Waals surface area contributed by atoms with E-state index in [1.807, 2.05) is 19.1 Å². The van der Waals surface area contributed by atoms with Gasteiger partial charge in [0.25, 0.3) is 0 Å². The molecule has 0 spiro atoms. The summed E-state index contributed by atoms with van der Waals surface area (Å²) in [5.41, 5.74) is 3.20. The number of aryl methyl sites for hydroxylation is 2. The maximum absolute atomic E-state index is 5.20. The predicted octanol–water partition coefficient (Wildman–Crippen LogP) is 4.95. The van der Waals surface area contributed by atoms with Gasteiger partial charge in [0.05, 0.1) is 4.47 Å². The Morgan fingerprint density at radius 1 is 1.24 bits per heavy atom. The van der Waals surface area contributed by atoms with E-state index in [0.29, 0.717) is 4.64 Å². The van der Waals surface area contributed by atoms with E-state index in [-0.39, 0.29) is 0 Å². The Morgan fingerprint density at radius 2 is 1.94 bits per heavy atom. The summed E-state index contributed by atoms with van der Waals surface area (Å²) in [5.74, 6) is 0.788. The fourth-order valence-electron chi connectivity index (χ4n) is 1.45. The molecule has 1 heterocycles. The largest absolute Gasteiger partial charge is 0.342 e. The molecule has 0 fully saturated rings. The molecule has 0 amide bonds. The number of aromatic amines is 1. The second kappa shape index (κ2) is 5.00. The number of H-pyrrole nitrogens is 1. The zero-order chi connectivity index (χ0) is 12.6. The molecule has 1 N–H and O–H groups in total. The molecule has 0 radical (unpaired) electrons. The minimum atomic E-state index is 0.577. The van der Waals surface area contributed by atoms with Crippen molar-refractivity contribution in [1.82, 2.24) is 9.97 Å². The summed E-state index contributed by atoms with van der Waals surface area (Å²) in [7, 11) is 0. The van der Waals surface area contributed by atoms with E-state index < -0.39 is 0 Å². The summed E-state index contributed by atoms with van der Waals surface area (Å²) in [5, 5.41) is 0. The highest BCUT2D eigenvalue weighted by atomic mass is 79.9. The third-order valence-electron chi connectivity index (χ3n) is 2.48. The summed E-state index contributed by atoms with van der Waals surface area (Å²) in [6.07, 6.45) is 0. The first kappa shape index (κ1) is 12.9. The summed E-state index contributed by atoms with van der Waals surface area (Å²) < 4.78 is 2.49. The smallest absolute Gasteiger partial charge is 0.144 e. The molecular formula is C12H10Br2N2S. The fraction of sp³-hybridized carbons (Fsp3) is 0.167. The lowest BCUT2D eigenvalue weighted by Gasteiger charge is -2.06. The highest BCUT2D eigenvalue weighted by molar-refractivity contribution is 9.10. The Balaban J connectivity index is 2.61. The van der Waals surface area contributed by atoms with Crippen LogP contribution in [0.2, 0.25) is 0 Å². The Kier molecular flexibility index (Phi) is 3.80. The summed E-state index contributed by atoms with van der Waals surface area (Å²) in [6.45, 7) is 4.02. The molecule has 2 nitrogen and oxygen atoms in total. The van der Waals surface area contributed by atoms with Crippen LogP contribution in [-0.4, -0.2) is 9.97 Å². The minimum Gasteiger partial charge on any atom is -0.342 e. The predicted molar refractivity (Wildman–Crippen MR) is 79.7 cm³/mol. The first-order chi connectivity index (χ1) is 7.99. The van der Waals surface area contributed by atoms with Gasteiger partial charge in [0.2, 0.25) is 0 Å². The Labute approximate surface area is 122 Å². The first-order valence-corrected chi connectivity index (χ1v) is 7.01. The molecule has 0 aliphatic heterocycles.